The molecule has 1 aliphatic carbocycles. The molecule has 0 saturated heterocycles. The number of carbonyl (C=O) groups is 2. The van der Waals surface area contributed by atoms with Gasteiger partial charge in [0.25, 0.3) is 0 Å². The van der Waals surface area contributed by atoms with Crippen molar-refractivity contribution in [2.45, 2.75) is 56.8 Å². The highest BCUT2D eigenvalue weighted by Crippen LogP contribution is 2.37. The second kappa shape index (κ2) is 10.7. The number of ketones is 1. The first-order chi connectivity index (χ1) is 17.6. The van der Waals surface area contributed by atoms with Crippen LogP contribution in [0, 0.1) is 5.82 Å². The van der Waals surface area contributed by atoms with Gasteiger partial charge in [0.2, 0.25) is 0 Å². The summed E-state index contributed by atoms with van der Waals surface area (Å²) in [6, 6.07) is 13.4. The number of alkyl halides is 3. The Balaban J connectivity index is 1.91. The molecule has 0 bridgehead atoms. The molecule has 2 amide bonds. The second-order valence-electron chi connectivity index (χ2n) is 9.36. The smallest absolute Gasteiger partial charge is 0.335 e. The molecule has 1 aromatic heterocycles. The van der Waals surface area contributed by atoms with E-state index in [4.69, 9.17) is 0 Å². The summed E-state index contributed by atoms with van der Waals surface area (Å²) in [5.41, 5.74) is -1.84. The number of rotatable bonds is 7. The predicted octanol–water partition coefficient (Wildman–Crippen LogP) is 6.17. The van der Waals surface area contributed by atoms with E-state index in [0.717, 1.165) is 37.8 Å². The Hall–Kier alpha value is -3.75. The maximum Gasteiger partial charge on any atom is 0.416 e. The number of pyridine rings is 1. The first kappa shape index (κ1) is 26.3. The van der Waals surface area contributed by atoms with Crippen LogP contribution in [0.2, 0.25) is 0 Å². The number of hydrogen-bond acceptors (Lipinski definition) is 3. The Morgan fingerprint density at radius 2 is 1.65 bits per heavy atom. The van der Waals surface area contributed by atoms with Crippen molar-refractivity contribution in [3.63, 3.8) is 0 Å². The van der Waals surface area contributed by atoms with E-state index in [1.165, 1.54) is 25.3 Å². The number of hydrogen-bond donors (Lipinski definition) is 2. The first-order valence-corrected chi connectivity index (χ1v) is 12.1. The molecule has 5 nitrogen and oxygen atoms in total. The Bertz CT molecular complexity index is 1260. The number of carbonyl (C=O) groups excluding carboxylic acids is 2. The quantitative estimate of drug-likeness (QED) is 0.293. The fraction of sp³-hybridized carbons (Fsp3) is 0.321. The Kier molecular flexibility index (Phi) is 7.61. The molecule has 2 N–H and O–H groups in total. The first-order valence-electron chi connectivity index (χ1n) is 12.1. The number of amides is 2. The van der Waals surface area contributed by atoms with Gasteiger partial charge >= 0.3 is 12.2 Å². The van der Waals surface area contributed by atoms with Crippen LogP contribution in [0.25, 0.3) is 0 Å². The van der Waals surface area contributed by atoms with Crippen molar-refractivity contribution < 1.29 is 27.2 Å². The van der Waals surface area contributed by atoms with Crippen molar-refractivity contribution >= 4 is 11.8 Å². The molecule has 0 radical (unpaired) electrons. The lowest BCUT2D eigenvalue weighted by Crippen LogP contribution is -2.54. The molecule has 1 atom stereocenters. The Morgan fingerprint density at radius 1 is 0.973 bits per heavy atom. The normalized spacial score (nSPS) is 15.7. The molecule has 4 rings (SSSR count). The summed E-state index contributed by atoms with van der Waals surface area (Å²) in [5, 5.41) is 5.76. The van der Waals surface area contributed by atoms with Crippen molar-refractivity contribution in [1.29, 1.82) is 0 Å². The Morgan fingerprint density at radius 3 is 2.24 bits per heavy atom. The number of halogens is 4. The van der Waals surface area contributed by atoms with Crippen LogP contribution in [0.3, 0.4) is 0 Å². The van der Waals surface area contributed by atoms with Gasteiger partial charge in [0.15, 0.2) is 5.78 Å². The predicted molar refractivity (Wildman–Crippen MR) is 130 cm³/mol. The van der Waals surface area contributed by atoms with Crippen LogP contribution in [-0.2, 0) is 18.1 Å². The van der Waals surface area contributed by atoms with Gasteiger partial charge in [-0.1, -0.05) is 43.2 Å². The number of benzene rings is 2. The van der Waals surface area contributed by atoms with E-state index < -0.39 is 29.1 Å². The largest absolute Gasteiger partial charge is 0.416 e. The van der Waals surface area contributed by atoms with Crippen LogP contribution in [0.15, 0.2) is 66.9 Å². The van der Waals surface area contributed by atoms with Crippen LogP contribution in [-0.4, -0.2) is 22.8 Å². The Labute approximate surface area is 212 Å². The molecule has 1 heterocycles. The second-order valence-corrected chi connectivity index (χ2v) is 9.36. The average Bonchev–Trinajstić information content (AvgIpc) is 3.36. The van der Waals surface area contributed by atoms with Crippen LogP contribution in [0.1, 0.15) is 65.3 Å². The van der Waals surface area contributed by atoms with Gasteiger partial charge in [-0.3, -0.25) is 9.78 Å². The number of nitrogens with one attached hydrogen (secondary N) is 2. The number of aromatic nitrogens is 1. The van der Waals surface area contributed by atoms with Crippen LogP contribution >= 0.6 is 0 Å². The fourth-order valence-corrected chi connectivity index (χ4v) is 4.76. The van der Waals surface area contributed by atoms with E-state index in [2.05, 4.69) is 15.6 Å². The van der Waals surface area contributed by atoms with Gasteiger partial charge in [-0.25, -0.2) is 9.18 Å². The fourth-order valence-electron chi connectivity index (χ4n) is 4.76. The van der Waals surface area contributed by atoms with Crippen molar-refractivity contribution in [2.75, 3.05) is 0 Å². The lowest BCUT2D eigenvalue weighted by Gasteiger charge is -2.36. The van der Waals surface area contributed by atoms with Crippen LogP contribution in [0.4, 0.5) is 22.4 Å². The topological polar surface area (TPSA) is 71.1 Å². The summed E-state index contributed by atoms with van der Waals surface area (Å²) in [5.74, 6) is -1.34. The highest BCUT2D eigenvalue weighted by molar-refractivity contribution is 5.93. The zero-order valence-electron chi connectivity index (χ0n) is 20.2. The van der Waals surface area contributed by atoms with Crippen molar-refractivity contribution in [1.82, 2.24) is 15.6 Å². The maximum atomic E-state index is 14.7. The zero-order valence-corrected chi connectivity index (χ0v) is 20.2. The molecular formula is C28H27F4N3O2. The lowest BCUT2D eigenvalue weighted by atomic mass is 9.79. The van der Waals surface area contributed by atoms with Gasteiger partial charge in [-0.15, -0.1) is 0 Å². The number of nitrogens with zero attached hydrogens (tertiary/aromatic N) is 1. The summed E-state index contributed by atoms with van der Waals surface area (Å²) in [6.45, 7) is 1.36. The van der Waals surface area contributed by atoms with Gasteiger partial charge in [0.1, 0.15) is 11.4 Å². The average molecular weight is 514 g/mol. The minimum Gasteiger partial charge on any atom is -0.335 e. The SMILES string of the molecule is CC(=O)c1ccc(C(Cc2ccccc2)(NC(=O)NC2CCCC2)c2cc(F)cc(C(F)(F)F)c2)nc1. The number of Topliss-reactive ketones (excluding diaryl/α,β-unsaturated/α-hetero) is 1. The molecule has 1 unspecified atom stereocenters. The van der Waals surface area contributed by atoms with E-state index in [0.29, 0.717) is 17.2 Å². The molecule has 194 valence electrons. The lowest BCUT2D eigenvalue weighted by molar-refractivity contribution is -0.137. The summed E-state index contributed by atoms with van der Waals surface area (Å²) < 4.78 is 55.8. The summed E-state index contributed by atoms with van der Waals surface area (Å²) >= 11 is 0. The monoisotopic (exact) mass is 513 g/mol. The van der Waals surface area contributed by atoms with Crippen LogP contribution < -0.4 is 10.6 Å². The highest BCUT2D eigenvalue weighted by atomic mass is 19.4. The molecule has 2 aromatic carbocycles. The summed E-state index contributed by atoms with van der Waals surface area (Å²) in [4.78, 5) is 29.5. The standard InChI is InChI=1S/C28H27F4N3O2/c1-18(36)20-11-12-25(33-17-20)27(16-19-7-3-2-4-8-19,35-26(37)34-24-9-5-6-10-24)21-13-22(28(30,31)32)15-23(29)14-21/h2-4,7-8,11-15,17,24H,5-6,9-10,16H2,1H3,(H2,34,35,37). The van der Waals surface area contributed by atoms with Crippen molar-refractivity contribution in [3.8, 4) is 0 Å². The molecule has 37 heavy (non-hydrogen) atoms. The number of urea groups is 1. The third-order valence-corrected chi connectivity index (χ3v) is 6.65. The van der Waals surface area contributed by atoms with Gasteiger partial charge in [-0.2, -0.15) is 13.2 Å². The van der Waals surface area contributed by atoms with Gasteiger partial charge < -0.3 is 10.6 Å². The zero-order chi connectivity index (χ0) is 26.6. The van der Waals surface area contributed by atoms with Crippen molar-refractivity contribution in [2.24, 2.45) is 0 Å². The molecule has 1 saturated carbocycles. The molecule has 1 fully saturated rings. The van der Waals surface area contributed by atoms with E-state index in [9.17, 15) is 27.2 Å². The van der Waals surface area contributed by atoms with Gasteiger partial charge in [0, 0.05) is 24.2 Å². The van der Waals surface area contributed by atoms with E-state index in [1.807, 2.05) is 0 Å². The van der Waals surface area contributed by atoms with Gasteiger partial charge in [-0.05, 0) is 61.2 Å². The molecule has 3 aromatic rings. The summed E-state index contributed by atoms with van der Waals surface area (Å²) in [6.07, 6.45) is -0.00387. The summed E-state index contributed by atoms with van der Waals surface area (Å²) in [7, 11) is 0. The van der Waals surface area contributed by atoms with E-state index in [-0.39, 0.29) is 29.5 Å². The van der Waals surface area contributed by atoms with Crippen molar-refractivity contribution in [3.05, 3.63) is 101 Å². The van der Waals surface area contributed by atoms with Gasteiger partial charge in [0.05, 0.1) is 11.3 Å². The highest BCUT2D eigenvalue weighted by Gasteiger charge is 2.41. The van der Waals surface area contributed by atoms with E-state index >= 15 is 0 Å². The third kappa shape index (κ3) is 6.15. The minimum absolute atomic E-state index is 0.0148. The maximum absolute atomic E-state index is 14.7. The molecule has 9 heteroatoms. The third-order valence-electron chi connectivity index (χ3n) is 6.65. The molecule has 0 spiro atoms. The minimum atomic E-state index is -4.81. The van der Waals surface area contributed by atoms with E-state index in [1.54, 1.807) is 30.3 Å². The molecule has 1 aliphatic rings. The molecule has 0 aliphatic heterocycles. The molecular weight excluding hydrogens is 486 g/mol. The van der Waals surface area contributed by atoms with Crippen LogP contribution in [0.5, 0.6) is 0 Å².